The molecule has 0 radical (unpaired) electrons. The first kappa shape index (κ1) is 21.1. The van der Waals surface area contributed by atoms with E-state index in [0.717, 1.165) is 11.1 Å². The van der Waals surface area contributed by atoms with Gasteiger partial charge >= 0.3 is 0 Å². The molecule has 3 aromatic rings. The highest BCUT2D eigenvalue weighted by Gasteiger charge is 2.32. The van der Waals surface area contributed by atoms with E-state index < -0.39 is 11.3 Å². The van der Waals surface area contributed by atoms with Gasteiger partial charge < -0.3 is 10.6 Å². The number of nitrogens with one attached hydrogen (secondary N) is 2. The average molecular weight is 439 g/mol. The summed E-state index contributed by atoms with van der Waals surface area (Å²) >= 11 is 1.39. The normalized spacial score (nSPS) is 18.4. The zero-order chi connectivity index (χ0) is 21.6. The number of amides is 2. The molecule has 2 amide bonds. The highest BCUT2D eigenvalue weighted by molar-refractivity contribution is 8.00. The lowest BCUT2D eigenvalue weighted by atomic mass is 10.1. The molecule has 0 bridgehead atoms. The first-order valence-corrected chi connectivity index (χ1v) is 11.1. The van der Waals surface area contributed by atoms with E-state index in [0.29, 0.717) is 30.8 Å². The fourth-order valence-electron chi connectivity index (χ4n) is 3.51. The Bertz CT molecular complexity index is 1060. The lowest BCUT2D eigenvalue weighted by Crippen LogP contribution is -2.54. The Balaban J connectivity index is 1.31. The number of nitrogens with zero attached hydrogens (tertiary/aromatic N) is 2. The number of benzene rings is 2. The fraction of sp³-hybridized carbons (Fsp3) is 0.261. The summed E-state index contributed by atoms with van der Waals surface area (Å²) in [5.41, 5.74) is 2.57. The van der Waals surface area contributed by atoms with Crippen LogP contribution in [0.4, 0.5) is 4.39 Å². The quantitative estimate of drug-likeness (QED) is 0.595. The van der Waals surface area contributed by atoms with E-state index in [-0.39, 0.29) is 17.6 Å². The second-order valence-electron chi connectivity index (χ2n) is 7.37. The first-order chi connectivity index (χ1) is 15.1. The molecule has 160 valence electrons. The number of carbonyl (C=O) groups is 2. The number of thioether (sulfide) groups is 1. The summed E-state index contributed by atoms with van der Waals surface area (Å²) in [6.45, 7) is 0.985. The third kappa shape index (κ3) is 5.32. The average Bonchev–Trinajstić information content (AvgIpc) is 3.29. The van der Waals surface area contributed by atoms with Gasteiger partial charge in [0.1, 0.15) is 11.9 Å². The summed E-state index contributed by atoms with van der Waals surface area (Å²) in [4.78, 5) is 25.1. The first-order valence-electron chi connectivity index (χ1n) is 10.1. The van der Waals surface area contributed by atoms with Crippen LogP contribution >= 0.6 is 11.8 Å². The second-order valence-corrected chi connectivity index (χ2v) is 8.60. The van der Waals surface area contributed by atoms with Crippen molar-refractivity contribution in [3.63, 3.8) is 0 Å². The van der Waals surface area contributed by atoms with Crippen molar-refractivity contribution in [1.82, 2.24) is 20.4 Å². The van der Waals surface area contributed by atoms with E-state index in [1.165, 1.54) is 17.8 Å². The number of hydrogen-bond donors (Lipinski definition) is 2. The molecule has 6 nitrogen and oxygen atoms in total. The van der Waals surface area contributed by atoms with Gasteiger partial charge in [-0.2, -0.15) is 5.10 Å². The molecular formula is C23H23FN4O2S. The monoisotopic (exact) mass is 438 g/mol. The zero-order valence-electron chi connectivity index (χ0n) is 16.8. The Morgan fingerprint density at radius 1 is 1.13 bits per heavy atom. The van der Waals surface area contributed by atoms with Crippen LogP contribution in [-0.2, 0) is 29.1 Å². The van der Waals surface area contributed by atoms with Gasteiger partial charge in [-0.25, -0.2) is 4.39 Å². The summed E-state index contributed by atoms with van der Waals surface area (Å²) in [7, 11) is 0. The van der Waals surface area contributed by atoms with Crippen molar-refractivity contribution in [1.29, 1.82) is 0 Å². The van der Waals surface area contributed by atoms with Gasteiger partial charge in [0.2, 0.25) is 11.8 Å². The van der Waals surface area contributed by atoms with E-state index in [4.69, 9.17) is 0 Å². The molecule has 1 aliphatic heterocycles. The SMILES string of the molecule is O=C1N[C@@H](C(=O)NCc2ccccc2Cn2cccn2)CS[C@H]1Cc1ccccc1F. The maximum atomic E-state index is 13.9. The standard InChI is InChI=1S/C23H23FN4O2S/c24-19-9-4-3-6-16(19)12-21-23(30)27-20(15-31-21)22(29)25-13-17-7-1-2-8-18(17)14-28-11-5-10-26-28/h1-11,20-21H,12-15H2,(H,25,29)(H,27,30)/t20-,21+/m1/s1. The highest BCUT2D eigenvalue weighted by atomic mass is 32.2. The van der Waals surface area contributed by atoms with Crippen LogP contribution < -0.4 is 10.6 Å². The molecule has 8 heteroatoms. The molecule has 1 aromatic heterocycles. The van der Waals surface area contributed by atoms with Crippen molar-refractivity contribution in [2.75, 3.05) is 5.75 Å². The minimum Gasteiger partial charge on any atom is -0.350 e. The van der Waals surface area contributed by atoms with Crippen LogP contribution in [0.15, 0.2) is 67.0 Å². The van der Waals surface area contributed by atoms with Crippen LogP contribution in [0.25, 0.3) is 0 Å². The van der Waals surface area contributed by atoms with E-state index in [1.807, 2.05) is 41.2 Å². The Morgan fingerprint density at radius 3 is 2.58 bits per heavy atom. The van der Waals surface area contributed by atoms with Gasteiger partial charge in [-0.3, -0.25) is 14.3 Å². The Labute approximate surface area is 184 Å². The molecule has 0 aliphatic carbocycles. The molecule has 0 spiro atoms. The van der Waals surface area contributed by atoms with Crippen molar-refractivity contribution in [3.8, 4) is 0 Å². The van der Waals surface area contributed by atoms with Gasteiger partial charge in [0.25, 0.3) is 0 Å². The smallest absolute Gasteiger partial charge is 0.243 e. The minimum atomic E-state index is -0.604. The van der Waals surface area contributed by atoms with E-state index >= 15 is 0 Å². The molecular weight excluding hydrogens is 415 g/mol. The predicted molar refractivity (Wildman–Crippen MR) is 118 cm³/mol. The molecule has 2 aromatic carbocycles. The number of halogens is 1. The zero-order valence-corrected chi connectivity index (χ0v) is 17.6. The molecule has 1 aliphatic rings. The molecule has 1 saturated heterocycles. The highest BCUT2D eigenvalue weighted by Crippen LogP contribution is 2.23. The summed E-state index contributed by atoms with van der Waals surface area (Å²) in [5, 5.41) is 9.53. The van der Waals surface area contributed by atoms with Crippen molar-refractivity contribution in [2.45, 2.75) is 30.8 Å². The van der Waals surface area contributed by atoms with Crippen molar-refractivity contribution < 1.29 is 14.0 Å². The third-order valence-electron chi connectivity index (χ3n) is 5.22. The van der Waals surface area contributed by atoms with Crippen LogP contribution in [0.1, 0.15) is 16.7 Å². The number of carbonyl (C=O) groups excluding carboxylic acids is 2. The molecule has 1 fully saturated rings. The fourth-order valence-corrected chi connectivity index (χ4v) is 4.69. The number of aromatic nitrogens is 2. The third-order valence-corrected chi connectivity index (χ3v) is 6.52. The van der Waals surface area contributed by atoms with Gasteiger partial charge in [0, 0.05) is 24.7 Å². The van der Waals surface area contributed by atoms with E-state index in [9.17, 15) is 14.0 Å². The maximum Gasteiger partial charge on any atom is 0.243 e. The summed E-state index contributed by atoms with van der Waals surface area (Å²) in [6.07, 6.45) is 3.92. The Kier molecular flexibility index (Phi) is 6.66. The van der Waals surface area contributed by atoms with Crippen molar-refractivity contribution in [2.24, 2.45) is 0 Å². The van der Waals surface area contributed by atoms with Crippen LogP contribution in [-0.4, -0.2) is 38.6 Å². The van der Waals surface area contributed by atoms with E-state index in [1.54, 1.807) is 24.4 Å². The van der Waals surface area contributed by atoms with Crippen molar-refractivity contribution >= 4 is 23.6 Å². The van der Waals surface area contributed by atoms with Crippen LogP contribution in [0.3, 0.4) is 0 Å². The van der Waals surface area contributed by atoms with Gasteiger partial charge in [0.15, 0.2) is 0 Å². The Hall–Kier alpha value is -3.13. The molecule has 31 heavy (non-hydrogen) atoms. The van der Waals surface area contributed by atoms with Gasteiger partial charge in [-0.15, -0.1) is 11.8 Å². The topological polar surface area (TPSA) is 76.0 Å². The maximum absolute atomic E-state index is 13.9. The minimum absolute atomic E-state index is 0.223. The summed E-state index contributed by atoms with van der Waals surface area (Å²) in [6, 6.07) is 15.6. The molecule has 2 atom stereocenters. The van der Waals surface area contributed by atoms with Gasteiger partial charge in [-0.05, 0) is 35.2 Å². The van der Waals surface area contributed by atoms with Crippen LogP contribution in [0.5, 0.6) is 0 Å². The summed E-state index contributed by atoms with van der Waals surface area (Å²) in [5.74, 6) is -0.326. The van der Waals surface area contributed by atoms with Crippen molar-refractivity contribution in [3.05, 3.63) is 89.5 Å². The largest absolute Gasteiger partial charge is 0.350 e. The van der Waals surface area contributed by atoms with Gasteiger partial charge in [-0.1, -0.05) is 42.5 Å². The van der Waals surface area contributed by atoms with Crippen LogP contribution in [0, 0.1) is 5.82 Å². The molecule has 4 rings (SSSR count). The lowest BCUT2D eigenvalue weighted by Gasteiger charge is -2.28. The Morgan fingerprint density at radius 2 is 1.87 bits per heavy atom. The lowest BCUT2D eigenvalue weighted by molar-refractivity contribution is -0.128. The molecule has 2 N–H and O–H groups in total. The molecule has 0 unspecified atom stereocenters. The number of rotatable bonds is 7. The predicted octanol–water partition coefficient (Wildman–Crippen LogP) is 2.53. The van der Waals surface area contributed by atoms with Gasteiger partial charge in [0.05, 0.1) is 11.8 Å². The van der Waals surface area contributed by atoms with Crippen LogP contribution in [0.2, 0.25) is 0 Å². The molecule has 2 heterocycles. The summed E-state index contributed by atoms with van der Waals surface area (Å²) < 4.78 is 15.7. The van der Waals surface area contributed by atoms with E-state index in [2.05, 4.69) is 15.7 Å². The number of hydrogen-bond acceptors (Lipinski definition) is 4. The second kappa shape index (κ2) is 9.78. The molecule has 0 saturated carbocycles.